The van der Waals surface area contributed by atoms with Crippen molar-refractivity contribution >= 4 is 40.3 Å². The lowest BCUT2D eigenvalue weighted by molar-refractivity contribution is -0.384. The van der Waals surface area contributed by atoms with Crippen LogP contribution in [-0.2, 0) is 0 Å². The second-order valence-corrected chi connectivity index (χ2v) is 3.72. The molecular weight excluding hydrogens is 250 g/mol. The maximum atomic E-state index is 10.6. The predicted molar refractivity (Wildman–Crippen MR) is 68.0 cm³/mol. The molecule has 5 nitrogen and oxygen atoms in total. The molecule has 0 saturated carbocycles. The molecule has 86 valence electrons. The Hall–Kier alpha value is -1.40. The van der Waals surface area contributed by atoms with E-state index < -0.39 is 4.92 Å². The molecule has 16 heavy (non-hydrogen) atoms. The number of hydrogen-bond donors (Lipinski definition) is 2. The first-order valence-corrected chi connectivity index (χ1v) is 5.32. The molecule has 0 unspecified atom stereocenters. The standard InChI is InChI=1S/C9H10ClN3O2S/c1-2-11-9(16)12-8-5-6(13(14)15)3-4-7(8)10/h3-5H,2H2,1H3,(H2,11,12,16). The van der Waals surface area contributed by atoms with Gasteiger partial charge in [0, 0.05) is 18.7 Å². The summed E-state index contributed by atoms with van der Waals surface area (Å²) in [6, 6.07) is 4.13. The summed E-state index contributed by atoms with van der Waals surface area (Å²) < 4.78 is 0. The molecule has 0 heterocycles. The number of nitro groups is 1. The summed E-state index contributed by atoms with van der Waals surface area (Å²) >= 11 is 10.8. The van der Waals surface area contributed by atoms with Crippen LogP contribution >= 0.6 is 23.8 Å². The Morgan fingerprint density at radius 3 is 2.88 bits per heavy atom. The van der Waals surface area contributed by atoms with E-state index in [-0.39, 0.29) is 5.69 Å². The van der Waals surface area contributed by atoms with Gasteiger partial charge in [-0.1, -0.05) is 11.6 Å². The van der Waals surface area contributed by atoms with Crippen molar-refractivity contribution in [2.75, 3.05) is 11.9 Å². The quantitative estimate of drug-likeness (QED) is 0.496. The Morgan fingerprint density at radius 2 is 2.31 bits per heavy atom. The molecule has 0 fully saturated rings. The van der Waals surface area contributed by atoms with Crippen LogP contribution in [0.2, 0.25) is 5.02 Å². The topological polar surface area (TPSA) is 67.2 Å². The number of nitrogens with zero attached hydrogens (tertiary/aromatic N) is 1. The molecule has 1 aromatic carbocycles. The number of non-ortho nitro benzene ring substituents is 1. The summed E-state index contributed by atoms with van der Waals surface area (Å²) in [6.45, 7) is 2.56. The van der Waals surface area contributed by atoms with Crippen LogP contribution in [0.15, 0.2) is 18.2 Å². The molecule has 2 N–H and O–H groups in total. The zero-order valence-corrected chi connectivity index (χ0v) is 10.1. The van der Waals surface area contributed by atoms with Crippen LogP contribution in [0.25, 0.3) is 0 Å². The Morgan fingerprint density at radius 1 is 1.62 bits per heavy atom. The van der Waals surface area contributed by atoms with Crippen molar-refractivity contribution in [2.45, 2.75) is 6.92 Å². The van der Waals surface area contributed by atoms with Crippen molar-refractivity contribution in [1.29, 1.82) is 0 Å². The molecule has 0 saturated heterocycles. The van der Waals surface area contributed by atoms with Gasteiger partial charge in [0.1, 0.15) is 0 Å². The van der Waals surface area contributed by atoms with E-state index in [0.29, 0.717) is 22.4 Å². The van der Waals surface area contributed by atoms with Gasteiger partial charge in [-0.15, -0.1) is 0 Å². The third-order valence-electron chi connectivity index (χ3n) is 1.75. The van der Waals surface area contributed by atoms with E-state index in [1.807, 2.05) is 6.92 Å². The van der Waals surface area contributed by atoms with Crippen molar-refractivity contribution in [2.24, 2.45) is 0 Å². The molecule has 0 bridgehead atoms. The predicted octanol–water partition coefficient (Wildman–Crippen LogP) is 2.55. The van der Waals surface area contributed by atoms with E-state index in [0.717, 1.165) is 0 Å². The fourth-order valence-corrected chi connectivity index (χ4v) is 1.47. The van der Waals surface area contributed by atoms with Gasteiger partial charge in [0.25, 0.3) is 5.69 Å². The lowest BCUT2D eigenvalue weighted by Crippen LogP contribution is -2.28. The smallest absolute Gasteiger partial charge is 0.271 e. The van der Waals surface area contributed by atoms with E-state index in [1.54, 1.807) is 0 Å². The van der Waals surface area contributed by atoms with Gasteiger partial charge in [-0.05, 0) is 25.2 Å². The highest BCUT2D eigenvalue weighted by atomic mass is 35.5. The highest BCUT2D eigenvalue weighted by Gasteiger charge is 2.10. The van der Waals surface area contributed by atoms with Gasteiger partial charge in [0.15, 0.2) is 5.11 Å². The Balaban J connectivity index is 2.90. The van der Waals surface area contributed by atoms with E-state index in [9.17, 15) is 10.1 Å². The normalized spacial score (nSPS) is 9.62. The van der Waals surface area contributed by atoms with Gasteiger partial charge in [0.2, 0.25) is 0 Å². The minimum atomic E-state index is -0.488. The summed E-state index contributed by atoms with van der Waals surface area (Å²) in [5.41, 5.74) is 0.382. The highest BCUT2D eigenvalue weighted by Crippen LogP contribution is 2.26. The minimum Gasteiger partial charge on any atom is -0.363 e. The van der Waals surface area contributed by atoms with E-state index in [4.69, 9.17) is 23.8 Å². The number of nitro benzene ring substituents is 1. The molecule has 0 aliphatic heterocycles. The second kappa shape index (κ2) is 5.62. The average Bonchev–Trinajstić information content (AvgIpc) is 2.21. The monoisotopic (exact) mass is 259 g/mol. The summed E-state index contributed by atoms with van der Waals surface area (Å²) in [6.07, 6.45) is 0. The highest BCUT2D eigenvalue weighted by molar-refractivity contribution is 7.80. The number of benzene rings is 1. The lowest BCUT2D eigenvalue weighted by atomic mass is 10.3. The van der Waals surface area contributed by atoms with Crippen LogP contribution in [0.4, 0.5) is 11.4 Å². The molecule has 0 radical (unpaired) electrons. The molecule has 0 aliphatic carbocycles. The largest absolute Gasteiger partial charge is 0.363 e. The van der Waals surface area contributed by atoms with E-state index in [1.165, 1.54) is 18.2 Å². The third kappa shape index (κ3) is 3.32. The number of hydrogen-bond acceptors (Lipinski definition) is 3. The molecule has 7 heteroatoms. The number of halogens is 1. The number of nitrogens with one attached hydrogen (secondary N) is 2. The van der Waals surface area contributed by atoms with Crippen LogP contribution in [0.1, 0.15) is 6.92 Å². The molecule has 0 spiro atoms. The van der Waals surface area contributed by atoms with Crippen LogP contribution in [0, 0.1) is 10.1 Å². The van der Waals surface area contributed by atoms with Gasteiger partial charge in [-0.3, -0.25) is 10.1 Å². The van der Waals surface area contributed by atoms with Gasteiger partial charge in [0.05, 0.1) is 15.6 Å². The molecule has 0 amide bonds. The Bertz CT molecular complexity index is 425. The SMILES string of the molecule is CCNC(=S)Nc1cc([N+](=O)[O-])ccc1Cl. The molecular formula is C9H10ClN3O2S. The van der Waals surface area contributed by atoms with Crippen molar-refractivity contribution in [3.05, 3.63) is 33.3 Å². The Kier molecular flexibility index (Phi) is 4.45. The number of anilines is 1. The lowest BCUT2D eigenvalue weighted by Gasteiger charge is -2.09. The van der Waals surface area contributed by atoms with E-state index >= 15 is 0 Å². The maximum Gasteiger partial charge on any atom is 0.271 e. The van der Waals surface area contributed by atoms with Crippen molar-refractivity contribution in [3.8, 4) is 0 Å². The average molecular weight is 260 g/mol. The first kappa shape index (κ1) is 12.7. The first-order valence-electron chi connectivity index (χ1n) is 4.53. The molecule has 0 atom stereocenters. The second-order valence-electron chi connectivity index (χ2n) is 2.91. The first-order chi connectivity index (χ1) is 7.54. The Labute approximate surface area is 103 Å². The third-order valence-corrected chi connectivity index (χ3v) is 2.32. The fourth-order valence-electron chi connectivity index (χ4n) is 1.05. The summed E-state index contributed by atoms with van der Waals surface area (Å²) in [5, 5.41) is 17.0. The van der Waals surface area contributed by atoms with Gasteiger partial charge in [-0.25, -0.2) is 0 Å². The van der Waals surface area contributed by atoms with Gasteiger partial charge >= 0.3 is 0 Å². The summed E-state index contributed by atoms with van der Waals surface area (Å²) in [4.78, 5) is 10.1. The van der Waals surface area contributed by atoms with Gasteiger partial charge < -0.3 is 10.6 Å². The molecule has 1 rings (SSSR count). The van der Waals surface area contributed by atoms with Crippen LogP contribution < -0.4 is 10.6 Å². The van der Waals surface area contributed by atoms with Gasteiger partial charge in [-0.2, -0.15) is 0 Å². The van der Waals surface area contributed by atoms with Crippen LogP contribution in [0.5, 0.6) is 0 Å². The number of thiocarbonyl (C=S) groups is 1. The zero-order valence-electron chi connectivity index (χ0n) is 8.49. The van der Waals surface area contributed by atoms with Crippen LogP contribution in [-0.4, -0.2) is 16.6 Å². The molecule has 0 aromatic heterocycles. The van der Waals surface area contributed by atoms with Crippen LogP contribution in [0.3, 0.4) is 0 Å². The maximum absolute atomic E-state index is 10.6. The van der Waals surface area contributed by atoms with Crippen molar-refractivity contribution in [3.63, 3.8) is 0 Å². The van der Waals surface area contributed by atoms with E-state index in [2.05, 4.69) is 10.6 Å². The van der Waals surface area contributed by atoms with Crippen molar-refractivity contribution in [1.82, 2.24) is 5.32 Å². The number of rotatable bonds is 3. The molecule has 0 aliphatic rings. The summed E-state index contributed by atoms with van der Waals surface area (Å²) in [5.74, 6) is 0. The minimum absolute atomic E-state index is 0.0359. The molecule has 1 aromatic rings. The summed E-state index contributed by atoms with van der Waals surface area (Å²) in [7, 11) is 0. The van der Waals surface area contributed by atoms with Crippen molar-refractivity contribution < 1.29 is 4.92 Å². The zero-order chi connectivity index (χ0) is 12.1. The fraction of sp³-hybridized carbons (Fsp3) is 0.222.